The fourth-order valence-corrected chi connectivity index (χ4v) is 4.51. The first kappa shape index (κ1) is 24.4. The minimum absolute atomic E-state index is 0.0435. The number of carbonyl (C=O) groups excluding carboxylic acids is 1. The molecule has 6 nitrogen and oxygen atoms in total. The van der Waals surface area contributed by atoms with Crippen LogP contribution in [0, 0.1) is 6.92 Å². The van der Waals surface area contributed by atoms with E-state index in [0.717, 1.165) is 10.8 Å². The highest BCUT2D eigenvalue weighted by Crippen LogP contribution is 2.43. The van der Waals surface area contributed by atoms with Gasteiger partial charge in [0.25, 0.3) is 5.91 Å². The van der Waals surface area contributed by atoms with Crippen molar-refractivity contribution in [1.82, 2.24) is 5.16 Å². The molecule has 35 heavy (non-hydrogen) atoms. The number of aromatic nitrogens is 1. The van der Waals surface area contributed by atoms with Crippen LogP contribution in [0.25, 0.3) is 21.5 Å². The minimum atomic E-state index is -5.28. The zero-order valence-corrected chi connectivity index (χ0v) is 19.2. The number of benzene rings is 3. The molecule has 4 rings (SSSR count). The quantitative estimate of drug-likeness (QED) is 0.404. The van der Waals surface area contributed by atoms with E-state index in [4.69, 9.17) is 0 Å². The molecule has 3 aromatic carbocycles. The number of nitrogens with one attached hydrogen (secondary N) is 1. The van der Waals surface area contributed by atoms with E-state index in [0.29, 0.717) is 5.56 Å². The average Bonchev–Trinajstić information content (AvgIpc) is 2.80. The average molecular weight is 484 g/mol. The van der Waals surface area contributed by atoms with Gasteiger partial charge in [-0.25, -0.2) is 4.79 Å². The van der Waals surface area contributed by atoms with E-state index in [1.807, 2.05) is 18.2 Å². The van der Waals surface area contributed by atoms with Crippen molar-refractivity contribution in [3.63, 3.8) is 0 Å². The van der Waals surface area contributed by atoms with Crippen LogP contribution in [0.15, 0.2) is 70.0 Å². The van der Waals surface area contributed by atoms with Crippen molar-refractivity contribution in [3.8, 4) is 0 Å². The first-order valence-electron chi connectivity index (χ1n) is 10.8. The molecule has 0 radical (unpaired) electrons. The summed E-state index contributed by atoms with van der Waals surface area (Å²) >= 11 is 0. The molecule has 9 heteroatoms. The zero-order chi connectivity index (χ0) is 25.6. The Bertz CT molecular complexity index is 1490. The normalized spacial score (nSPS) is 14.1. The van der Waals surface area contributed by atoms with Crippen molar-refractivity contribution in [1.29, 1.82) is 0 Å². The van der Waals surface area contributed by atoms with Crippen LogP contribution in [-0.2, 0) is 10.2 Å². The fraction of sp³-hybridized carbons (Fsp3) is 0.269. The maximum Gasteiger partial charge on any atom is 0.426 e. The van der Waals surface area contributed by atoms with E-state index in [2.05, 4.69) is 15.0 Å². The Balaban J connectivity index is 1.77. The third-order valence-corrected chi connectivity index (χ3v) is 6.22. The summed E-state index contributed by atoms with van der Waals surface area (Å²) in [7, 11) is 0. The van der Waals surface area contributed by atoms with Crippen molar-refractivity contribution in [2.24, 2.45) is 0 Å². The highest BCUT2D eigenvalue weighted by molar-refractivity contribution is 6.05. The van der Waals surface area contributed by atoms with Gasteiger partial charge in [-0.3, -0.25) is 4.79 Å². The van der Waals surface area contributed by atoms with Gasteiger partial charge in [0.1, 0.15) is 0 Å². The van der Waals surface area contributed by atoms with E-state index in [1.165, 1.54) is 25.1 Å². The van der Waals surface area contributed by atoms with E-state index in [-0.39, 0.29) is 22.2 Å². The van der Waals surface area contributed by atoms with Gasteiger partial charge in [-0.15, -0.1) is 0 Å². The van der Waals surface area contributed by atoms with Crippen LogP contribution < -0.4 is 10.9 Å². The summed E-state index contributed by atoms with van der Waals surface area (Å²) in [5.41, 5.74) is -5.10. The molecule has 182 valence electrons. The Hall–Kier alpha value is -3.72. The highest BCUT2D eigenvalue weighted by atomic mass is 19.4. The summed E-state index contributed by atoms with van der Waals surface area (Å²) in [5, 5.41) is 18.4. The predicted octanol–water partition coefficient (Wildman–Crippen LogP) is 5.25. The second kappa shape index (κ2) is 8.49. The molecule has 0 aliphatic carbocycles. The zero-order valence-electron chi connectivity index (χ0n) is 19.2. The Morgan fingerprint density at radius 3 is 2.34 bits per heavy atom. The molecule has 0 saturated carbocycles. The van der Waals surface area contributed by atoms with Gasteiger partial charge in [0.15, 0.2) is 0 Å². The maximum absolute atomic E-state index is 14.3. The van der Waals surface area contributed by atoms with Crippen molar-refractivity contribution in [2.45, 2.75) is 44.4 Å². The minimum Gasteiger partial charge on any atom is -0.373 e. The van der Waals surface area contributed by atoms with Gasteiger partial charge in [0.2, 0.25) is 5.60 Å². The molecule has 1 heterocycles. The molecule has 1 amide bonds. The second-order valence-corrected chi connectivity index (χ2v) is 9.18. The molecular weight excluding hydrogens is 461 g/mol. The molecule has 1 aromatic heterocycles. The Morgan fingerprint density at radius 1 is 1.00 bits per heavy atom. The molecule has 2 N–H and O–H groups in total. The standard InChI is InChI=1S/C26H23F3N2O4/c1-15-21-18(22(32)35-31-15)11-7-13-20(21)30-23(33)25(34,26(27,28)29)14-24(2,3)19-12-6-9-16-8-4-5-10-17(16)19/h4-13,34H,14H2,1-3H3,(H,30,33). The number of aliphatic hydroxyl groups is 1. The van der Waals surface area contributed by atoms with Gasteiger partial charge < -0.3 is 14.9 Å². The SMILES string of the molecule is Cc1noc(=O)c2cccc(NC(=O)C(O)(CC(C)(C)c3cccc4ccccc34)C(F)(F)F)c12. The van der Waals surface area contributed by atoms with Crippen molar-refractivity contribution >= 4 is 33.1 Å². The van der Waals surface area contributed by atoms with Gasteiger partial charge in [-0.05, 0) is 40.8 Å². The number of hydrogen-bond acceptors (Lipinski definition) is 5. The number of alkyl halides is 3. The fourth-order valence-electron chi connectivity index (χ4n) is 4.51. The van der Waals surface area contributed by atoms with E-state index in [1.54, 1.807) is 38.1 Å². The van der Waals surface area contributed by atoms with Crippen molar-refractivity contribution in [3.05, 3.63) is 82.3 Å². The molecule has 0 aliphatic heterocycles. The lowest BCUT2D eigenvalue weighted by atomic mass is 9.73. The molecular formula is C26H23F3N2O4. The van der Waals surface area contributed by atoms with E-state index >= 15 is 0 Å². The Morgan fingerprint density at radius 2 is 1.63 bits per heavy atom. The number of halogens is 3. The first-order chi connectivity index (χ1) is 16.3. The van der Waals surface area contributed by atoms with Gasteiger partial charge in [0.05, 0.1) is 16.8 Å². The van der Waals surface area contributed by atoms with Crippen LogP contribution >= 0.6 is 0 Å². The lowest BCUT2D eigenvalue weighted by molar-refractivity contribution is -0.254. The number of aryl methyl sites for hydroxylation is 1. The lowest BCUT2D eigenvalue weighted by Gasteiger charge is -2.37. The maximum atomic E-state index is 14.3. The number of anilines is 1. The van der Waals surface area contributed by atoms with Crippen molar-refractivity contribution in [2.75, 3.05) is 5.32 Å². The number of fused-ring (bicyclic) bond motifs is 2. The van der Waals surface area contributed by atoms with Crippen LogP contribution in [0.2, 0.25) is 0 Å². The van der Waals surface area contributed by atoms with Gasteiger partial charge in [-0.1, -0.05) is 67.5 Å². The van der Waals surface area contributed by atoms with Crippen LogP contribution in [-0.4, -0.2) is 27.9 Å². The number of rotatable bonds is 5. The monoisotopic (exact) mass is 484 g/mol. The Kier molecular flexibility index (Phi) is 5.92. The second-order valence-electron chi connectivity index (χ2n) is 9.18. The third kappa shape index (κ3) is 4.27. The first-order valence-corrected chi connectivity index (χ1v) is 10.8. The predicted molar refractivity (Wildman–Crippen MR) is 126 cm³/mol. The molecule has 0 fully saturated rings. The summed E-state index contributed by atoms with van der Waals surface area (Å²) in [6.45, 7) is 4.59. The summed E-state index contributed by atoms with van der Waals surface area (Å²) in [4.78, 5) is 25.1. The molecule has 0 bridgehead atoms. The molecule has 0 saturated heterocycles. The number of nitrogens with zero attached hydrogens (tertiary/aromatic N) is 1. The number of hydrogen-bond donors (Lipinski definition) is 2. The molecule has 1 atom stereocenters. The van der Waals surface area contributed by atoms with Crippen molar-refractivity contribution < 1.29 is 27.6 Å². The molecule has 0 aliphatic rings. The van der Waals surface area contributed by atoms with Crippen LogP contribution in [0.3, 0.4) is 0 Å². The van der Waals surface area contributed by atoms with E-state index < -0.39 is 35.1 Å². The third-order valence-electron chi connectivity index (χ3n) is 6.22. The summed E-state index contributed by atoms with van der Waals surface area (Å²) in [6.07, 6.45) is -6.22. The highest BCUT2D eigenvalue weighted by Gasteiger charge is 2.61. The molecule has 4 aromatic rings. The molecule has 1 unspecified atom stereocenters. The van der Waals surface area contributed by atoms with Crippen LogP contribution in [0.4, 0.5) is 18.9 Å². The Labute approximate surface area is 198 Å². The van der Waals surface area contributed by atoms with Crippen LogP contribution in [0.1, 0.15) is 31.5 Å². The number of carbonyl (C=O) groups is 1. The van der Waals surface area contributed by atoms with Crippen LogP contribution in [0.5, 0.6) is 0 Å². The summed E-state index contributed by atoms with van der Waals surface area (Å²) < 4.78 is 47.5. The lowest BCUT2D eigenvalue weighted by Crippen LogP contribution is -2.57. The van der Waals surface area contributed by atoms with E-state index in [9.17, 15) is 27.9 Å². The smallest absolute Gasteiger partial charge is 0.373 e. The molecule has 0 spiro atoms. The summed E-state index contributed by atoms with van der Waals surface area (Å²) in [5.74, 6) is -1.65. The van der Waals surface area contributed by atoms with Gasteiger partial charge >= 0.3 is 11.8 Å². The van der Waals surface area contributed by atoms with Gasteiger partial charge in [-0.2, -0.15) is 13.2 Å². The largest absolute Gasteiger partial charge is 0.426 e. The number of amides is 1. The topological polar surface area (TPSA) is 92.4 Å². The van der Waals surface area contributed by atoms with Gasteiger partial charge in [0, 0.05) is 11.8 Å². The summed E-state index contributed by atoms with van der Waals surface area (Å²) in [6, 6.07) is 16.6.